The van der Waals surface area contributed by atoms with Crippen molar-refractivity contribution in [2.24, 2.45) is 11.3 Å². The smallest absolute Gasteiger partial charge is 0.429 e. The maximum absolute atomic E-state index is 16.3. The van der Waals surface area contributed by atoms with Crippen molar-refractivity contribution in [1.29, 1.82) is 0 Å². The normalized spacial score (nSPS) is 18.2. The van der Waals surface area contributed by atoms with Crippen LogP contribution in [0, 0.1) is 17.0 Å². The molecule has 0 bridgehead atoms. The average Bonchev–Trinajstić information content (AvgIpc) is 2.94. The maximum Gasteiger partial charge on any atom is 0.429 e. The first-order chi connectivity index (χ1) is 19.8. The predicted octanol–water partition coefficient (Wildman–Crippen LogP) is 4.48. The van der Waals surface area contributed by atoms with Gasteiger partial charge in [-0.15, -0.1) is 0 Å². The molecular formula is C31H36F2N3O5Si. The van der Waals surface area contributed by atoms with E-state index in [1.165, 1.54) is 6.07 Å². The molecule has 1 saturated heterocycles. The Morgan fingerprint density at radius 3 is 1.95 bits per heavy atom. The molecule has 1 radical (unpaired) electrons. The van der Waals surface area contributed by atoms with Gasteiger partial charge in [-0.2, -0.15) is 5.01 Å². The number of ether oxygens (including phenoxy) is 1. The van der Waals surface area contributed by atoms with Crippen LogP contribution in [-0.4, -0.2) is 56.5 Å². The number of hydrazine groups is 1. The van der Waals surface area contributed by atoms with Crippen LogP contribution in [0.4, 0.5) is 19.3 Å². The Morgan fingerprint density at radius 2 is 1.50 bits per heavy atom. The van der Waals surface area contributed by atoms with Crippen molar-refractivity contribution < 1.29 is 32.6 Å². The van der Waals surface area contributed by atoms with E-state index in [9.17, 15) is 14.7 Å². The standard InChI is InChI=1S/C31H36F2N3O5Si/c1-19-17-35(18-20(2)40-19)27-24(16-23(25(32)26(27)33)29(37)36(34)30(38)39)28(31(3,4)5)41-42(21-12-8-6-9-13-21)22-14-10-7-11-15-22/h6-16,19-20,28H,17-18,34H2,1-5H3,(H,38,39). The summed E-state index contributed by atoms with van der Waals surface area (Å²) in [7, 11) is -1.95. The molecule has 2 amide bonds. The van der Waals surface area contributed by atoms with E-state index in [1.807, 2.05) is 95.3 Å². The van der Waals surface area contributed by atoms with Crippen molar-refractivity contribution in [3.8, 4) is 0 Å². The molecule has 1 aliphatic heterocycles. The van der Waals surface area contributed by atoms with Crippen molar-refractivity contribution in [3.05, 3.63) is 89.5 Å². The Balaban J connectivity index is 1.96. The quantitative estimate of drug-likeness (QED) is 0.179. The molecule has 223 valence electrons. The summed E-state index contributed by atoms with van der Waals surface area (Å²) in [5.41, 5.74) is -1.31. The first-order valence-electron chi connectivity index (χ1n) is 13.7. The largest absolute Gasteiger partial charge is 0.464 e. The van der Waals surface area contributed by atoms with Gasteiger partial charge in [0.05, 0.1) is 29.6 Å². The van der Waals surface area contributed by atoms with E-state index in [-0.39, 0.29) is 41.6 Å². The highest BCUT2D eigenvalue weighted by Crippen LogP contribution is 2.44. The average molecular weight is 597 g/mol. The molecule has 0 saturated carbocycles. The zero-order valence-corrected chi connectivity index (χ0v) is 25.3. The molecule has 3 aromatic carbocycles. The minimum atomic E-state index is -1.95. The van der Waals surface area contributed by atoms with Gasteiger partial charge in [-0.3, -0.25) is 4.79 Å². The highest BCUT2D eigenvalue weighted by Gasteiger charge is 2.39. The van der Waals surface area contributed by atoms with Gasteiger partial charge in [0.15, 0.2) is 11.6 Å². The van der Waals surface area contributed by atoms with Crippen molar-refractivity contribution in [1.82, 2.24) is 5.01 Å². The minimum Gasteiger partial charge on any atom is -0.464 e. The number of anilines is 1. The molecule has 3 aromatic rings. The summed E-state index contributed by atoms with van der Waals surface area (Å²) in [5, 5.41) is 11.0. The molecular weight excluding hydrogens is 560 g/mol. The van der Waals surface area contributed by atoms with Gasteiger partial charge in [0.1, 0.15) is 0 Å². The molecule has 0 spiro atoms. The van der Waals surface area contributed by atoms with Crippen LogP contribution >= 0.6 is 0 Å². The number of benzene rings is 3. The van der Waals surface area contributed by atoms with Crippen LogP contribution in [-0.2, 0) is 9.16 Å². The van der Waals surface area contributed by atoms with Gasteiger partial charge in [0, 0.05) is 18.7 Å². The van der Waals surface area contributed by atoms with Crippen molar-refractivity contribution in [3.63, 3.8) is 0 Å². The second-order valence-corrected chi connectivity index (χ2v) is 13.6. The van der Waals surface area contributed by atoms with E-state index < -0.39 is 49.8 Å². The molecule has 4 rings (SSSR count). The number of carbonyl (C=O) groups excluding carboxylic acids is 1. The SMILES string of the molecule is CC1CN(c2c(C(O[Si](c3ccccc3)c3ccccc3)C(C)(C)C)cc(C(=O)N(N)C(=O)O)c(F)c2F)CC(C)O1. The topological polar surface area (TPSA) is 105 Å². The number of carbonyl (C=O) groups is 2. The van der Waals surface area contributed by atoms with Gasteiger partial charge in [0.2, 0.25) is 0 Å². The third-order valence-electron chi connectivity index (χ3n) is 6.98. The van der Waals surface area contributed by atoms with Gasteiger partial charge < -0.3 is 19.2 Å². The van der Waals surface area contributed by atoms with Crippen LogP contribution < -0.4 is 21.1 Å². The van der Waals surface area contributed by atoms with Crippen LogP contribution in [0.15, 0.2) is 66.7 Å². The third-order valence-corrected chi connectivity index (χ3v) is 9.17. The van der Waals surface area contributed by atoms with E-state index in [2.05, 4.69) is 0 Å². The highest BCUT2D eigenvalue weighted by molar-refractivity contribution is 6.80. The highest BCUT2D eigenvalue weighted by atomic mass is 28.3. The lowest BCUT2D eigenvalue weighted by atomic mass is 9.83. The lowest BCUT2D eigenvalue weighted by molar-refractivity contribution is -0.00577. The summed E-state index contributed by atoms with van der Waals surface area (Å²) in [6, 6.07) is 20.5. The van der Waals surface area contributed by atoms with Crippen LogP contribution in [0.1, 0.15) is 56.6 Å². The van der Waals surface area contributed by atoms with Crippen LogP contribution in [0.2, 0.25) is 0 Å². The number of halogens is 2. The monoisotopic (exact) mass is 596 g/mol. The fourth-order valence-electron chi connectivity index (χ4n) is 5.20. The molecule has 1 heterocycles. The second-order valence-electron chi connectivity index (χ2n) is 11.5. The number of hydrogen-bond donors (Lipinski definition) is 2. The molecule has 3 unspecified atom stereocenters. The first-order valence-corrected chi connectivity index (χ1v) is 15.1. The summed E-state index contributed by atoms with van der Waals surface area (Å²) >= 11 is 0. The summed E-state index contributed by atoms with van der Waals surface area (Å²) in [4.78, 5) is 26.1. The molecule has 1 aliphatic rings. The molecule has 1 fully saturated rings. The van der Waals surface area contributed by atoms with Gasteiger partial charge in [-0.25, -0.2) is 19.4 Å². The lowest BCUT2D eigenvalue weighted by Crippen LogP contribution is -2.49. The number of imide groups is 1. The van der Waals surface area contributed by atoms with Gasteiger partial charge in [0.25, 0.3) is 14.9 Å². The van der Waals surface area contributed by atoms with Crippen molar-refractivity contribution in [2.75, 3.05) is 18.0 Å². The van der Waals surface area contributed by atoms with Crippen LogP contribution in [0.5, 0.6) is 0 Å². The summed E-state index contributed by atoms with van der Waals surface area (Å²) in [5.74, 6) is 1.27. The summed E-state index contributed by atoms with van der Waals surface area (Å²) < 4.78 is 44.7. The van der Waals surface area contributed by atoms with Crippen LogP contribution in [0.3, 0.4) is 0 Å². The van der Waals surface area contributed by atoms with Gasteiger partial charge in [-0.05, 0) is 35.7 Å². The van der Waals surface area contributed by atoms with E-state index in [1.54, 1.807) is 4.90 Å². The fourth-order valence-corrected chi connectivity index (χ4v) is 7.51. The number of nitrogens with zero attached hydrogens (tertiary/aromatic N) is 2. The molecule has 3 N–H and O–H groups in total. The second kappa shape index (κ2) is 12.7. The predicted molar refractivity (Wildman–Crippen MR) is 158 cm³/mol. The molecule has 42 heavy (non-hydrogen) atoms. The Labute approximate surface area is 246 Å². The number of rotatable bonds is 7. The lowest BCUT2D eigenvalue weighted by Gasteiger charge is -2.41. The van der Waals surface area contributed by atoms with E-state index >= 15 is 8.78 Å². The minimum absolute atomic E-state index is 0.0488. The Kier molecular flexibility index (Phi) is 9.46. The van der Waals surface area contributed by atoms with E-state index in [0.717, 1.165) is 10.4 Å². The van der Waals surface area contributed by atoms with Gasteiger partial charge in [-0.1, -0.05) is 81.4 Å². The Bertz CT molecular complexity index is 1370. The van der Waals surface area contributed by atoms with E-state index in [0.29, 0.717) is 0 Å². The molecule has 3 atom stereocenters. The molecule has 8 nitrogen and oxygen atoms in total. The van der Waals surface area contributed by atoms with Crippen LogP contribution in [0.25, 0.3) is 0 Å². The maximum atomic E-state index is 16.3. The Hall–Kier alpha value is -3.64. The molecule has 0 aromatic heterocycles. The number of carboxylic acid groups (broad SMARTS) is 1. The molecule has 11 heteroatoms. The van der Waals surface area contributed by atoms with Gasteiger partial charge >= 0.3 is 6.09 Å². The fraction of sp³-hybridized carbons (Fsp3) is 0.355. The number of nitrogens with two attached hydrogens (primary N) is 1. The zero-order chi connectivity index (χ0) is 30.8. The van der Waals surface area contributed by atoms with Crippen molar-refractivity contribution >= 4 is 37.1 Å². The number of amides is 2. The first kappa shape index (κ1) is 31.3. The van der Waals surface area contributed by atoms with Crippen molar-refractivity contribution in [2.45, 2.75) is 52.9 Å². The third kappa shape index (κ3) is 6.70. The molecule has 0 aliphatic carbocycles. The number of hydrogen-bond acceptors (Lipinski definition) is 6. The number of morpholine rings is 1. The summed E-state index contributed by atoms with van der Waals surface area (Å²) in [6.45, 7) is 9.97. The zero-order valence-electron chi connectivity index (χ0n) is 24.3. The van der Waals surface area contributed by atoms with E-state index in [4.69, 9.17) is 15.0 Å². The summed E-state index contributed by atoms with van der Waals surface area (Å²) in [6.07, 6.45) is -3.21. The Morgan fingerprint density at radius 1 is 1.00 bits per heavy atom.